The molecule has 1 N–H and O–H groups in total. The van der Waals surface area contributed by atoms with Crippen LogP contribution in [0.1, 0.15) is 11.1 Å². The van der Waals surface area contributed by atoms with Crippen molar-refractivity contribution in [1.29, 1.82) is 0 Å². The number of morpholine rings is 1. The minimum Gasteiger partial charge on any atom is -0.385 e. The molecule has 3 heteroatoms. The van der Waals surface area contributed by atoms with Crippen molar-refractivity contribution in [2.75, 3.05) is 38.2 Å². The fraction of sp³-hybridized carbons (Fsp3) is 0.368. The lowest BCUT2D eigenvalue weighted by Gasteiger charge is -2.26. The summed E-state index contributed by atoms with van der Waals surface area (Å²) in [5.74, 6) is 0. The molecular formula is C19H24N2O. The molecule has 1 saturated heterocycles. The molecule has 0 saturated carbocycles. The van der Waals surface area contributed by atoms with Crippen molar-refractivity contribution < 1.29 is 4.74 Å². The summed E-state index contributed by atoms with van der Waals surface area (Å²) >= 11 is 0. The Kier molecular flexibility index (Phi) is 5.46. The highest BCUT2D eigenvalue weighted by Gasteiger charge is 2.10. The molecule has 1 aliphatic rings. The van der Waals surface area contributed by atoms with Gasteiger partial charge in [-0.25, -0.2) is 0 Å². The van der Waals surface area contributed by atoms with Gasteiger partial charge in [-0.1, -0.05) is 42.5 Å². The molecule has 0 spiro atoms. The van der Waals surface area contributed by atoms with Crippen LogP contribution in [0, 0.1) is 0 Å². The van der Waals surface area contributed by atoms with E-state index in [1.807, 2.05) is 0 Å². The Balaban J connectivity index is 1.44. The molecule has 0 aliphatic carbocycles. The topological polar surface area (TPSA) is 24.5 Å². The summed E-state index contributed by atoms with van der Waals surface area (Å²) in [6.07, 6.45) is 1.05. The lowest BCUT2D eigenvalue weighted by Crippen LogP contribution is -2.35. The first-order valence-corrected chi connectivity index (χ1v) is 8.07. The van der Waals surface area contributed by atoms with Crippen molar-refractivity contribution >= 4 is 5.69 Å². The Morgan fingerprint density at radius 2 is 1.59 bits per heavy atom. The lowest BCUT2D eigenvalue weighted by molar-refractivity contribution is 0.0342. The van der Waals surface area contributed by atoms with E-state index in [2.05, 4.69) is 64.8 Å². The van der Waals surface area contributed by atoms with E-state index >= 15 is 0 Å². The first kappa shape index (κ1) is 15.1. The van der Waals surface area contributed by atoms with E-state index in [0.29, 0.717) is 0 Å². The quantitative estimate of drug-likeness (QED) is 0.886. The van der Waals surface area contributed by atoms with Crippen LogP contribution in [0.5, 0.6) is 0 Å². The maximum absolute atomic E-state index is 5.39. The fourth-order valence-corrected chi connectivity index (χ4v) is 2.74. The second-order valence-electron chi connectivity index (χ2n) is 5.75. The third-order valence-electron chi connectivity index (χ3n) is 4.05. The van der Waals surface area contributed by atoms with Gasteiger partial charge < -0.3 is 10.1 Å². The van der Waals surface area contributed by atoms with Gasteiger partial charge in [0, 0.05) is 31.9 Å². The molecule has 22 heavy (non-hydrogen) atoms. The first-order valence-electron chi connectivity index (χ1n) is 8.07. The predicted molar refractivity (Wildman–Crippen MR) is 91.2 cm³/mol. The number of anilines is 1. The molecule has 3 nitrogen and oxygen atoms in total. The van der Waals surface area contributed by atoms with E-state index in [0.717, 1.165) is 45.8 Å². The maximum Gasteiger partial charge on any atom is 0.0594 e. The fourth-order valence-electron chi connectivity index (χ4n) is 2.74. The summed E-state index contributed by atoms with van der Waals surface area (Å²) in [6.45, 7) is 5.78. The molecule has 1 heterocycles. The number of nitrogens with one attached hydrogen (secondary N) is 1. The van der Waals surface area contributed by atoms with Gasteiger partial charge in [-0.15, -0.1) is 0 Å². The summed E-state index contributed by atoms with van der Waals surface area (Å²) in [7, 11) is 0. The molecule has 1 fully saturated rings. The van der Waals surface area contributed by atoms with Gasteiger partial charge in [0.15, 0.2) is 0 Å². The van der Waals surface area contributed by atoms with Crippen LogP contribution in [0.4, 0.5) is 5.69 Å². The number of rotatable bonds is 6. The Labute approximate surface area is 132 Å². The zero-order valence-corrected chi connectivity index (χ0v) is 13.0. The van der Waals surface area contributed by atoms with Crippen LogP contribution in [0.25, 0.3) is 0 Å². The van der Waals surface area contributed by atoms with E-state index in [1.165, 1.54) is 16.8 Å². The Morgan fingerprint density at radius 3 is 2.32 bits per heavy atom. The molecule has 0 unspecified atom stereocenters. The third-order valence-corrected chi connectivity index (χ3v) is 4.05. The standard InChI is InChI=1S/C19H24N2O/c1-2-4-17(5-3-1)10-11-20-19-8-6-18(7-9-19)16-21-12-14-22-15-13-21/h1-9,20H,10-16H2. The SMILES string of the molecule is c1ccc(CCNc2ccc(CN3CCOCC3)cc2)cc1. The minimum absolute atomic E-state index is 0.860. The largest absolute Gasteiger partial charge is 0.385 e. The Bertz CT molecular complexity index is 547. The highest BCUT2D eigenvalue weighted by Crippen LogP contribution is 2.12. The van der Waals surface area contributed by atoms with Crippen LogP contribution in [0.3, 0.4) is 0 Å². The van der Waals surface area contributed by atoms with Gasteiger partial charge in [-0.05, 0) is 29.7 Å². The third kappa shape index (κ3) is 4.58. The van der Waals surface area contributed by atoms with E-state index in [-0.39, 0.29) is 0 Å². The highest BCUT2D eigenvalue weighted by molar-refractivity contribution is 5.44. The Morgan fingerprint density at radius 1 is 0.864 bits per heavy atom. The van der Waals surface area contributed by atoms with E-state index in [9.17, 15) is 0 Å². The van der Waals surface area contributed by atoms with Crippen molar-refractivity contribution in [3.8, 4) is 0 Å². The molecule has 0 amide bonds. The summed E-state index contributed by atoms with van der Waals surface area (Å²) < 4.78 is 5.39. The van der Waals surface area contributed by atoms with Gasteiger partial charge >= 0.3 is 0 Å². The monoisotopic (exact) mass is 296 g/mol. The average Bonchev–Trinajstić information content (AvgIpc) is 2.58. The van der Waals surface area contributed by atoms with Crippen molar-refractivity contribution in [1.82, 2.24) is 4.90 Å². The zero-order valence-electron chi connectivity index (χ0n) is 13.0. The second-order valence-corrected chi connectivity index (χ2v) is 5.75. The molecule has 116 valence electrons. The summed E-state index contributed by atoms with van der Waals surface area (Å²) in [6, 6.07) is 19.4. The van der Waals surface area contributed by atoms with Gasteiger partial charge in [-0.2, -0.15) is 0 Å². The molecule has 0 radical (unpaired) electrons. The van der Waals surface area contributed by atoms with Crippen molar-refractivity contribution in [2.45, 2.75) is 13.0 Å². The van der Waals surface area contributed by atoms with Crippen molar-refractivity contribution in [2.24, 2.45) is 0 Å². The molecule has 2 aromatic carbocycles. The lowest BCUT2D eigenvalue weighted by atomic mass is 10.1. The van der Waals surface area contributed by atoms with Crippen LogP contribution in [0.15, 0.2) is 54.6 Å². The first-order chi connectivity index (χ1) is 10.9. The maximum atomic E-state index is 5.39. The number of benzene rings is 2. The molecular weight excluding hydrogens is 272 g/mol. The molecule has 0 bridgehead atoms. The van der Waals surface area contributed by atoms with Gasteiger partial charge in [0.2, 0.25) is 0 Å². The van der Waals surface area contributed by atoms with Crippen LogP contribution >= 0.6 is 0 Å². The van der Waals surface area contributed by atoms with Gasteiger partial charge in [0.05, 0.1) is 13.2 Å². The highest BCUT2D eigenvalue weighted by atomic mass is 16.5. The summed E-state index contributed by atoms with van der Waals surface area (Å²) in [5.41, 5.74) is 3.94. The zero-order chi connectivity index (χ0) is 15.0. The predicted octanol–water partition coefficient (Wildman–Crippen LogP) is 3.17. The van der Waals surface area contributed by atoms with E-state index < -0.39 is 0 Å². The van der Waals surface area contributed by atoms with Crippen LogP contribution in [-0.2, 0) is 17.7 Å². The number of nitrogens with zero attached hydrogens (tertiary/aromatic N) is 1. The van der Waals surface area contributed by atoms with Crippen molar-refractivity contribution in [3.63, 3.8) is 0 Å². The Hall–Kier alpha value is -1.84. The second kappa shape index (κ2) is 7.97. The molecule has 0 aromatic heterocycles. The number of hydrogen-bond acceptors (Lipinski definition) is 3. The average molecular weight is 296 g/mol. The normalized spacial score (nSPS) is 15.6. The summed E-state index contributed by atoms with van der Waals surface area (Å²) in [5, 5.41) is 3.49. The summed E-state index contributed by atoms with van der Waals surface area (Å²) in [4.78, 5) is 2.45. The van der Waals surface area contributed by atoms with Gasteiger partial charge in [-0.3, -0.25) is 4.90 Å². The van der Waals surface area contributed by atoms with E-state index in [1.54, 1.807) is 0 Å². The van der Waals surface area contributed by atoms with Gasteiger partial charge in [0.25, 0.3) is 0 Å². The number of ether oxygens (including phenoxy) is 1. The smallest absolute Gasteiger partial charge is 0.0594 e. The molecule has 3 rings (SSSR count). The van der Waals surface area contributed by atoms with Crippen LogP contribution in [0.2, 0.25) is 0 Å². The van der Waals surface area contributed by atoms with Crippen LogP contribution in [-0.4, -0.2) is 37.7 Å². The molecule has 0 atom stereocenters. The minimum atomic E-state index is 0.860. The number of hydrogen-bond donors (Lipinski definition) is 1. The van der Waals surface area contributed by atoms with Crippen molar-refractivity contribution in [3.05, 3.63) is 65.7 Å². The van der Waals surface area contributed by atoms with Gasteiger partial charge in [0.1, 0.15) is 0 Å². The van der Waals surface area contributed by atoms with E-state index in [4.69, 9.17) is 4.74 Å². The van der Waals surface area contributed by atoms with Crippen LogP contribution < -0.4 is 5.32 Å². The molecule has 1 aliphatic heterocycles. The molecule has 2 aromatic rings.